The lowest BCUT2D eigenvalue weighted by molar-refractivity contribution is 0.430. The van der Waals surface area contributed by atoms with Gasteiger partial charge in [0.1, 0.15) is 0 Å². The zero-order valence-electron chi connectivity index (χ0n) is 8.23. The summed E-state index contributed by atoms with van der Waals surface area (Å²) in [5.41, 5.74) is 0. The predicted molar refractivity (Wildman–Crippen MR) is 52.5 cm³/mol. The lowest BCUT2D eigenvalue weighted by Gasteiger charge is -2.10. The fourth-order valence-electron chi connectivity index (χ4n) is 1.48. The molecule has 0 heteroatoms. The highest BCUT2D eigenvalue weighted by atomic mass is 14.1. The molecule has 0 saturated carbocycles. The number of hydrogen-bond donors (Lipinski definition) is 0. The lowest BCUT2D eigenvalue weighted by Crippen LogP contribution is -1.95. The van der Waals surface area contributed by atoms with Crippen LogP contribution in [0.1, 0.15) is 58.8 Å². The topological polar surface area (TPSA) is 0 Å². The minimum absolute atomic E-state index is 0.986. The van der Waals surface area contributed by atoms with E-state index in [9.17, 15) is 0 Å². The molecule has 0 spiro atoms. The monoisotopic (exact) mass is 155 g/mol. The quantitative estimate of drug-likeness (QED) is 0.381. The van der Waals surface area contributed by atoms with E-state index in [-0.39, 0.29) is 0 Å². The fourth-order valence-corrected chi connectivity index (χ4v) is 1.48. The Morgan fingerprint density at radius 2 is 1.64 bits per heavy atom. The first-order valence-electron chi connectivity index (χ1n) is 5.14. The number of unbranched alkanes of at least 4 members (excludes halogenated alkanes) is 3. The largest absolute Gasteiger partial charge is 0.0850 e. The van der Waals surface area contributed by atoms with Crippen molar-refractivity contribution < 1.29 is 0 Å². The Balaban J connectivity index is 3.07. The molecule has 0 amide bonds. The molecule has 0 aromatic heterocycles. The van der Waals surface area contributed by atoms with Gasteiger partial charge in [-0.15, -0.1) is 0 Å². The molecule has 0 aliphatic carbocycles. The van der Waals surface area contributed by atoms with Crippen molar-refractivity contribution in [2.45, 2.75) is 58.8 Å². The van der Waals surface area contributed by atoms with Crippen LogP contribution in [0.4, 0.5) is 0 Å². The van der Waals surface area contributed by atoms with E-state index in [0.717, 1.165) is 12.3 Å². The van der Waals surface area contributed by atoms with Crippen molar-refractivity contribution in [3.05, 3.63) is 6.92 Å². The second-order valence-corrected chi connectivity index (χ2v) is 3.39. The van der Waals surface area contributed by atoms with Gasteiger partial charge >= 0.3 is 0 Å². The highest BCUT2D eigenvalue weighted by Gasteiger charge is 2.01. The predicted octanol–water partition coefficient (Wildman–Crippen LogP) is 4.21. The zero-order valence-corrected chi connectivity index (χ0v) is 8.23. The molecule has 0 atom stereocenters. The van der Waals surface area contributed by atoms with Crippen molar-refractivity contribution in [1.82, 2.24) is 0 Å². The maximum Gasteiger partial charge on any atom is 0.0850 e. The van der Waals surface area contributed by atoms with Gasteiger partial charge in [0.2, 0.25) is 0 Å². The molecule has 0 rings (SSSR count). The molecule has 66 valence electrons. The van der Waals surface area contributed by atoms with Crippen molar-refractivity contribution in [2.75, 3.05) is 0 Å². The summed E-state index contributed by atoms with van der Waals surface area (Å²) in [6.07, 6.45) is 9.40. The van der Waals surface area contributed by atoms with Crippen LogP contribution in [0.3, 0.4) is 0 Å². The van der Waals surface area contributed by atoms with Crippen molar-refractivity contribution in [2.24, 2.45) is 5.92 Å². The molecule has 0 fully saturated rings. The van der Waals surface area contributed by atoms with E-state index in [1.807, 2.05) is 0 Å². The smallest absolute Gasteiger partial charge is 0.0651 e. The molecule has 11 heavy (non-hydrogen) atoms. The second kappa shape index (κ2) is 7.97. The summed E-state index contributed by atoms with van der Waals surface area (Å²) in [4.78, 5) is 0. The summed E-state index contributed by atoms with van der Waals surface area (Å²) in [5, 5.41) is 0. The Morgan fingerprint density at radius 1 is 1.00 bits per heavy atom. The van der Waals surface area contributed by atoms with Crippen LogP contribution in [0, 0.1) is 12.8 Å². The summed E-state index contributed by atoms with van der Waals surface area (Å²) in [5.74, 6) is 0.986. The van der Waals surface area contributed by atoms with Crippen LogP contribution >= 0.6 is 0 Å². The normalized spacial score (nSPS) is 10.8. The Morgan fingerprint density at radius 3 is 2.09 bits per heavy atom. The van der Waals surface area contributed by atoms with Gasteiger partial charge in [0, 0.05) is 0 Å². The highest BCUT2D eigenvalue weighted by molar-refractivity contribution is 4.55. The number of hydrogen-bond acceptors (Lipinski definition) is 0. The molecule has 0 aromatic rings. The van der Waals surface area contributed by atoms with E-state index in [1.54, 1.807) is 0 Å². The Hall–Kier alpha value is -0.130. The Bertz CT molecular complexity index is 62.4. The van der Waals surface area contributed by atoms with E-state index < -0.39 is 0 Å². The molecule has 0 aliphatic heterocycles. The first-order valence-corrected chi connectivity index (χ1v) is 5.14. The second-order valence-electron chi connectivity index (χ2n) is 3.39. The van der Waals surface area contributed by atoms with Crippen LogP contribution < -0.4 is 0 Å². The van der Waals surface area contributed by atoms with Crippen LogP contribution in [-0.4, -0.2) is 0 Å². The van der Waals surface area contributed by atoms with E-state index in [4.69, 9.17) is 0 Å². The third kappa shape index (κ3) is 6.28. The summed E-state index contributed by atoms with van der Waals surface area (Å²) in [7, 11) is 0. The van der Waals surface area contributed by atoms with Gasteiger partial charge in [-0.1, -0.05) is 39.5 Å². The maximum absolute atomic E-state index is 3.84. The van der Waals surface area contributed by atoms with Gasteiger partial charge in [-0.2, -0.15) is 0 Å². The summed E-state index contributed by atoms with van der Waals surface area (Å²) in [6.45, 7) is 8.44. The van der Waals surface area contributed by atoms with Crippen molar-refractivity contribution in [1.29, 1.82) is 0 Å². The molecular formula is C11H23+. The van der Waals surface area contributed by atoms with Gasteiger partial charge in [0.05, 0.1) is 13.3 Å². The van der Waals surface area contributed by atoms with Crippen LogP contribution in [0.25, 0.3) is 0 Å². The number of rotatable bonds is 7. The van der Waals surface area contributed by atoms with Crippen molar-refractivity contribution >= 4 is 0 Å². The Labute approximate surface area is 72.4 Å². The van der Waals surface area contributed by atoms with E-state index in [2.05, 4.69) is 20.8 Å². The van der Waals surface area contributed by atoms with E-state index in [1.165, 1.54) is 38.5 Å². The molecule has 0 aromatic carbocycles. The minimum atomic E-state index is 0.986. The van der Waals surface area contributed by atoms with Crippen LogP contribution in [0.15, 0.2) is 0 Å². The summed E-state index contributed by atoms with van der Waals surface area (Å²) >= 11 is 0. The molecule has 0 N–H and O–H groups in total. The standard InChI is InChI=1S/C11H23/c1-4-7-8-9-10-11(5-2)6-3/h11H,1,4-10H2,2-3H3/q+1. The van der Waals surface area contributed by atoms with Crippen LogP contribution in [0.5, 0.6) is 0 Å². The SMILES string of the molecule is [CH2+]CCCCCC(CC)CC. The van der Waals surface area contributed by atoms with Crippen molar-refractivity contribution in [3.63, 3.8) is 0 Å². The zero-order chi connectivity index (χ0) is 8.53. The lowest BCUT2D eigenvalue weighted by atomic mass is 9.96. The fraction of sp³-hybridized carbons (Fsp3) is 0.909. The van der Waals surface area contributed by atoms with Crippen LogP contribution in [0.2, 0.25) is 0 Å². The van der Waals surface area contributed by atoms with Crippen LogP contribution in [-0.2, 0) is 0 Å². The molecule has 0 aliphatic rings. The average Bonchev–Trinajstić information content (AvgIpc) is 2.05. The molecule has 0 nitrogen and oxygen atoms in total. The van der Waals surface area contributed by atoms with Gasteiger partial charge < -0.3 is 0 Å². The Kier molecular flexibility index (Phi) is 7.88. The summed E-state index contributed by atoms with van der Waals surface area (Å²) in [6, 6.07) is 0. The van der Waals surface area contributed by atoms with Gasteiger partial charge in [0.25, 0.3) is 0 Å². The molecule has 0 bridgehead atoms. The first-order chi connectivity index (χ1) is 5.35. The van der Waals surface area contributed by atoms with Gasteiger partial charge in [-0.3, -0.25) is 0 Å². The summed E-state index contributed by atoms with van der Waals surface area (Å²) < 4.78 is 0. The molecular weight excluding hydrogens is 132 g/mol. The third-order valence-corrected chi connectivity index (χ3v) is 2.52. The molecule has 0 saturated heterocycles. The molecule has 0 unspecified atom stereocenters. The van der Waals surface area contributed by atoms with Crippen molar-refractivity contribution in [3.8, 4) is 0 Å². The molecule has 0 heterocycles. The first kappa shape index (κ1) is 10.9. The van der Waals surface area contributed by atoms with Gasteiger partial charge in [-0.25, -0.2) is 0 Å². The third-order valence-electron chi connectivity index (χ3n) is 2.52. The molecule has 0 radical (unpaired) electrons. The van der Waals surface area contributed by atoms with Gasteiger partial charge in [-0.05, 0) is 18.8 Å². The van der Waals surface area contributed by atoms with E-state index >= 15 is 0 Å². The van der Waals surface area contributed by atoms with Gasteiger partial charge in [0.15, 0.2) is 0 Å². The minimum Gasteiger partial charge on any atom is -0.0651 e. The maximum atomic E-state index is 3.84. The highest BCUT2D eigenvalue weighted by Crippen LogP contribution is 2.16. The average molecular weight is 155 g/mol. The van der Waals surface area contributed by atoms with E-state index in [0.29, 0.717) is 0 Å².